The van der Waals surface area contributed by atoms with Gasteiger partial charge in [0.15, 0.2) is 5.69 Å². The molecule has 0 saturated heterocycles. The number of nitrogens with one attached hydrogen (secondary N) is 2. The third kappa shape index (κ3) is 5.20. The summed E-state index contributed by atoms with van der Waals surface area (Å²) in [6.07, 6.45) is 0. The number of carbonyl (C=O) groups excluding carboxylic acids is 2. The lowest BCUT2D eigenvalue weighted by Crippen LogP contribution is -2.28. The predicted octanol–water partition coefficient (Wildman–Crippen LogP) is 3.50. The largest absolute Gasteiger partial charge is 0.395 e. The molecule has 1 aromatic heterocycles. The first kappa shape index (κ1) is 20.5. The van der Waals surface area contributed by atoms with Crippen LogP contribution < -0.4 is 16.4 Å². The van der Waals surface area contributed by atoms with Crippen LogP contribution in [0.3, 0.4) is 0 Å². The van der Waals surface area contributed by atoms with Crippen molar-refractivity contribution in [3.8, 4) is 0 Å². The highest BCUT2D eigenvalue weighted by Gasteiger charge is 2.22. The molecule has 7 heteroatoms. The van der Waals surface area contributed by atoms with Crippen molar-refractivity contribution in [3.63, 3.8) is 0 Å². The van der Waals surface area contributed by atoms with Gasteiger partial charge in [-0.25, -0.2) is 0 Å². The van der Waals surface area contributed by atoms with E-state index in [0.717, 1.165) is 28.2 Å². The Hall–Kier alpha value is -3.19. The maximum absolute atomic E-state index is 12.5. The van der Waals surface area contributed by atoms with Crippen molar-refractivity contribution in [2.75, 3.05) is 12.3 Å². The van der Waals surface area contributed by atoms with Gasteiger partial charge in [0.25, 0.3) is 11.8 Å². The maximum atomic E-state index is 12.5. The van der Waals surface area contributed by atoms with Crippen LogP contribution >= 0.6 is 11.5 Å². The first-order valence-corrected chi connectivity index (χ1v) is 10.1. The molecule has 0 bridgehead atoms. The van der Waals surface area contributed by atoms with E-state index in [1.165, 1.54) is 0 Å². The lowest BCUT2D eigenvalue weighted by atomic mass is 10.0. The van der Waals surface area contributed by atoms with Crippen LogP contribution in [0.5, 0.6) is 0 Å². The average molecular weight is 409 g/mol. The van der Waals surface area contributed by atoms with E-state index >= 15 is 0 Å². The summed E-state index contributed by atoms with van der Waals surface area (Å²) in [5.74, 6) is -0.553. The standard InChI is InChI=1S/C22H24N4O2S/c1-14-8-10-16(11-9-14)13-25-21(27)19-18(23)20(29-26-19)22(28)24-12-15(2)17-6-4-3-5-7-17/h3-11,15H,12-13,23H2,1-2H3,(H,24,28)(H,25,27)/t15-/m1/s1. The van der Waals surface area contributed by atoms with Gasteiger partial charge in [-0.05, 0) is 35.5 Å². The third-order valence-electron chi connectivity index (χ3n) is 4.66. The van der Waals surface area contributed by atoms with Crippen LogP contribution in [0.25, 0.3) is 0 Å². The molecule has 0 aliphatic carbocycles. The number of hydrogen-bond donors (Lipinski definition) is 3. The molecular formula is C22H24N4O2S. The Kier molecular flexibility index (Phi) is 6.61. The molecule has 0 unspecified atom stereocenters. The number of anilines is 1. The zero-order chi connectivity index (χ0) is 20.8. The number of nitrogens with two attached hydrogens (primary N) is 1. The van der Waals surface area contributed by atoms with Crippen LogP contribution in [-0.4, -0.2) is 22.7 Å². The molecule has 0 aliphatic rings. The van der Waals surface area contributed by atoms with Crippen molar-refractivity contribution in [2.24, 2.45) is 0 Å². The number of hydrogen-bond acceptors (Lipinski definition) is 5. The van der Waals surface area contributed by atoms with Gasteiger partial charge in [-0.15, -0.1) is 0 Å². The molecule has 2 aromatic carbocycles. The first-order valence-electron chi connectivity index (χ1n) is 9.37. The monoisotopic (exact) mass is 408 g/mol. The lowest BCUT2D eigenvalue weighted by Gasteiger charge is -2.12. The molecule has 3 aromatic rings. The number of aryl methyl sites for hydroxylation is 1. The number of amides is 2. The number of benzene rings is 2. The number of nitrogens with zero attached hydrogens (tertiary/aromatic N) is 1. The Morgan fingerprint density at radius 2 is 1.72 bits per heavy atom. The summed E-state index contributed by atoms with van der Waals surface area (Å²) in [6.45, 7) is 4.88. The Morgan fingerprint density at radius 1 is 1.03 bits per heavy atom. The van der Waals surface area contributed by atoms with Crippen LogP contribution in [0, 0.1) is 6.92 Å². The summed E-state index contributed by atoms with van der Waals surface area (Å²) >= 11 is 0.936. The molecule has 3 rings (SSSR count). The molecule has 0 spiro atoms. The zero-order valence-electron chi connectivity index (χ0n) is 16.4. The highest BCUT2D eigenvalue weighted by molar-refractivity contribution is 7.09. The fourth-order valence-electron chi connectivity index (χ4n) is 2.82. The maximum Gasteiger partial charge on any atom is 0.273 e. The van der Waals surface area contributed by atoms with Gasteiger partial charge in [-0.3, -0.25) is 9.59 Å². The van der Waals surface area contributed by atoms with E-state index < -0.39 is 5.91 Å². The molecule has 0 aliphatic heterocycles. The molecule has 0 fully saturated rings. The summed E-state index contributed by atoms with van der Waals surface area (Å²) in [7, 11) is 0. The molecule has 29 heavy (non-hydrogen) atoms. The first-order chi connectivity index (χ1) is 14.0. The molecule has 0 saturated carbocycles. The van der Waals surface area contributed by atoms with E-state index in [1.54, 1.807) is 0 Å². The smallest absolute Gasteiger partial charge is 0.273 e. The normalized spacial score (nSPS) is 11.7. The molecule has 1 atom stereocenters. The van der Waals surface area contributed by atoms with Crippen LogP contribution in [0.4, 0.5) is 5.69 Å². The van der Waals surface area contributed by atoms with Gasteiger partial charge in [0, 0.05) is 13.1 Å². The predicted molar refractivity (Wildman–Crippen MR) is 116 cm³/mol. The Balaban J connectivity index is 1.58. The Morgan fingerprint density at radius 3 is 2.41 bits per heavy atom. The summed E-state index contributed by atoms with van der Waals surface area (Å²) in [6, 6.07) is 17.8. The summed E-state index contributed by atoms with van der Waals surface area (Å²) in [5.41, 5.74) is 9.51. The zero-order valence-corrected chi connectivity index (χ0v) is 17.3. The van der Waals surface area contributed by atoms with E-state index in [0.29, 0.717) is 13.1 Å². The van der Waals surface area contributed by atoms with Gasteiger partial charge in [0.05, 0.1) is 5.69 Å². The topological polar surface area (TPSA) is 97.1 Å². The van der Waals surface area contributed by atoms with Gasteiger partial charge in [-0.2, -0.15) is 4.37 Å². The molecule has 2 amide bonds. The van der Waals surface area contributed by atoms with Crippen molar-refractivity contribution in [1.82, 2.24) is 15.0 Å². The molecular weight excluding hydrogens is 384 g/mol. The quantitative estimate of drug-likeness (QED) is 0.557. The minimum absolute atomic E-state index is 0.0865. The summed E-state index contributed by atoms with van der Waals surface area (Å²) in [5, 5.41) is 5.67. The van der Waals surface area contributed by atoms with Gasteiger partial charge in [-0.1, -0.05) is 67.1 Å². The van der Waals surface area contributed by atoms with E-state index in [2.05, 4.69) is 15.0 Å². The van der Waals surface area contributed by atoms with Crippen LogP contribution in [0.15, 0.2) is 54.6 Å². The lowest BCUT2D eigenvalue weighted by molar-refractivity contribution is 0.0947. The van der Waals surface area contributed by atoms with E-state index in [1.807, 2.05) is 68.4 Å². The van der Waals surface area contributed by atoms with E-state index in [4.69, 9.17) is 5.73 Å². The molecule has 150 valence electrons. The summed E-state index contributed by atoms with van der Waals surface area (Å²) < 4.78 is 4.09. The minimum atomic E-state index is -0.393. The van der Waals surface area contributed by atoms with Crippen LogP contribution in [0.1, 0.15) is 49.7 Å². The fourth-order valence-corrected chi connectivity index (χ4v) is 3.54. The fraction of sp³-hybridized carbons (Fsp3) is 0.227. The van der Waals surface area contributed by atoms with Gasteiger partial charge in [0.1, 0.15) is 4.88 Å². The number of aromatic nitrogens is 1. The number of nitrogen functional groups attached to an aromatic ring is 1. The highest BCUT2D eigenvalue weighted by Crippen LogP contribution is 2.22. The van der Waals surface area contributed by atoms with Gasteiger partial charge >= 0.3 is 0 Å². The molecule has 4 N–H and O–H groups in total. The second-order valence-electron chi connectivity index (χ2n) is 6.96. The highest BCUT2D eigenvalue weighted by atomic mass is 32.1. The second-order valence-corrected chi connectivity index (χ2v) is 7.74. The van der Waals surface area contributed by atoms with E-state index in [9.17, 15) is 9.59 Å². The van der Waals surface area contributed by atoms with Crippen molar-refractivity contribution in [3.05, 3.63) is 81.9 Å². The van der Waals surface area contributed by atoms with Gasteiger partial charge < -0.3 is 16.4 Å². The van der Waals surface area contributed by atoms with Crippen molar-refractivity contribution in [1.29, 1.82) is 0 Å². The van der Waals surface area contributed by atoms with Crippen LogP contribution in [-0.2, 0) is 6.54 Å². The number of rotatable bonds is 7. The summed E-state index contributed by atoms with van der Waals surface area (Å²) in [4.78, 5) is 25.2. The minimum Gasteiger partial charge on any atom is -0.395 e. The second kappa shape index (κ2) is 9.34. The molecule has 1 heterocycles. The average Bonchev–Trinajstić information content (AvgIpc) is 3.13. The van der Waals surface area contributed by atoms with Crippen LogP contribution in [0.2, 0.25) is 0 Å². The van der Waals surface area contributed by atoms with Crippen molar-refractivity contribution >= 4 is 29.0 Å². The Labute approximate surface area is 174 Å². The van der Waals surface area contributed by atoms with Crippen molar-refractivity contribution in [2.45, 2.75) is 26.3 Å². The third-order valence-corrected chi connectivity index (χ3v) is 5.52. The molecule has 0 radical (unpaired) electrons. The van der Waals surface area contributed by atoms with Gasteiger partial charge in [0.2, 0.25) is 0 Å². The number of carbonyl (C=O) groups is 2. The van der Waals surface area contributed by atoms with E-state index in [-0.39, 0.29) is 28.1 Å². The van der Waals surface area contributed by atoms with Crippen molar-refractivity contribution < 1.29 is 9.59 Å². The Bertz CT molecular complexity index is 984. The molecule has 6 nitrogen and oxygen atoms in total. The SMILES string of the molecule is Cc1ccc(CNC(=O)c2nsc(C(=O)NC[C@@H](C)c3ccccc3)c2N)cc1.